The zero-order valence-electron chi connectivity index (χ0n) is 14.9. The van der Waals surface area contributed by atoms with E-state index in [1.165, 1.54) is 42.6 Å². The van der Waals surface area contributed by atoms with Crippen molar-refractivity contribution in [1.82, 2.24) is 0 Å². The van der Waals surface area contributed by atoms with Crippen LogP contribution in [0.1, 0.15) is 22.3 Å². The molecule has 3 N–H and O–H groups in total. The molecule has 1 saturated heterocycles. The zero-order valence-corrected chi connectivity index (χ0v) is 15.7. The number of hydrogen-bond donors (Lipinski definition) is 2. The number of amidine groups is 1. The highest BCUT2D eigenvalue weighted by atomic mass is 32.2. The minimum atomic E-state index is -1.17. The summed E-state index contributed by atoms with van der Waals surface area (Å²) < 4.78 is 13.5. The number of rotatable bonds is 5. The average Bonchev–Trinajstić information content (AvgIpc) is 2.96. The Morgan fingerprint density at radius 2 is 2.00 bits per heavy atom. The predicted molar refractivity (Wildman–Crippen MR) is 108 cm³/mol. The van der Waals surface area contributed by atoms with Gasteiger partial charge in [0, 0.05) is 12.0 Å². The SMILES string of the molecule is NC(=NN=Cc1ccccc1F)SC1CC(=O)N(c2cccc(C(=O)O)c2)C1=O. The minimum absolute atomic E-state index is 0.0391. The first-order chi connectivity index (χ1) is 13.9. The van der Waals surface area contributed by atoms with E-state index in [-0.39, 0.29) is 28.4 Å². The van der Waals surface area contributed by atoms with Gasteiger partial charge in [0.2, 0.25) is 11.8 Å². The largest absolute Gasteiger partial charge is 0.478 e. The summed E-state index contributed by atoms with van der Waals surface area (Å²) in [7, 11) is 0. The number of anilines is 1. The highest BCUT2D eigenvalue weighted by Gasteiger charge is 2.40. The van der Waals surface area contributed by atoms with Crippen molar-refractivity contribution in [1.29, 1.82) is 0 Å². The molecule has 1 atom stereocenters. The molecule has 10 heteroatoms. The van der Waals surface area contributed by atoms with E-state index in [1.807, 2.05) is 0 Å². The molecule has 0 radical (unpaired) electrons. The van der Waals surface area contributed by atoms with Gasteiger partial charge in [-0.3, -0.25) is 9.59 Å². The summed E-state index contributed by atoms with van der Waals surface area (Å²) in [5, 5.41) is 15.6. The standard InChI is InChI=1S/C19H15FN4O4S/c20-14-7-2-1-4-12(14)10-22-23-19(21)29-15-9-16(25)24(17(15)26)13-6-3-5-11(8-13)18(27)28/h1-8,10,15H,9H2,(H2,21,23)(H,27,28). The number of halogens is 1. The Balaban J connectivity index is 1.70. The lowest BCUT2D eigenvalue weighted by atomic mass is 10.2. The van der Waals surface area contributed by atoms with Crippen LogP contribution >= 0.6 is 11.8 Å². The fourth-order valence-corrected chi connectivity index (χ4v) is 3.46. The second-order valence-electron chi connectivity index (χ2n) is 5.94. The molecule has 0 spiro atoms. The molecule has 0 bridgehead atoms. The quantitative estimate of drug-likeness (QED) is 0.334. The molecule has 1 aliphatic rings. The average molecular weight is 414 g/mol. The topological polar surface area (TPSA) is 125 Å². The third-order valence-corrected chi connectivity index (χ3v) is 4.95. The molecule has 1 aliphatic heterocycles. The Labute approximate surface area is 168 Å². The van der Waals surface area contributed by atoms with E-state index in [9.17, 15) is 18.8 Å². The summed E-state index contributed by atoms with van der Waals surface area (Å²) in [6.07, 6.45) is 1.07. The Kier molecular flexibility index (Phi) is 6.03. The molecule has 3 rings (SSSR count). The Morgan fingerprint density at radius 1 is 1.24 bits per heavy atom. The second-order valence-corrected chi connectivity index (χ2v) is 7.16. The van der Waals surface area contributed by atoms with Gasteiger partial charge in [0.25, 0.3) is 0 Å². The maximum atomic E-state index is 13.5. The fraction of sp³-hybridized carbons (Fsp3) is 0.105. The van der Waals surface area contributed by atoms with Crippen molar-refractivity contribution in [2.75, 3.05) is 4.90 Å². The highest BCUT2D eigenvalue weighted by molar-refractivity contribution is 8.14. The minimum Gasteiger partial charge on any atom is -0.478 e. The molecule has 2 aromatic carbocycles. The number of amides is 2. The monoisotopic (exact) mass is 414 g/mol. The summed E-state index contributed by atoms with van der Waals surface area (Å²) >= 11 is 0.859. The van der Waals surface area contributed by atoms with Crippen molar-refractivity contribution < 1.29 is 23.9 Å². The lowest BCUT2D eigenvalue weighted by Gasteiger charge is -2.15. The van der Waals surface area contributed by atoms with Crippen LogP contribution in [0.15, 0.2) is 58.7 Å². The first kappa shape index (κ1) is 20.2. The van der Waals surface area contributed by atoms with Crippen LogP contribution in [0.5, 0.6) is 0 Å². The molecular weight excluding hydrogens is 399 g/mol. The first-order valence-corrected chi connectivity index (χ1v) is 9.22. The molecule has 2 amide bonds. The van der Waals surface area contributed by atoms with Gasteiger partial charge in [-0.05, 0) is 24.3 Å². The Hall–Kier alpha value is -3.53. The number of thioether (sulfide) groups is 1. The molecule has 0 aromatic heterocycles. The lowest BCUT2D eigenvalue weighted by molar-refractivity contribution is -0.121. The summed E-state index contributed by atoms with van der Waals surface area (Å²) in [4.78, 5) is 36.9. The van der Waals surface area contributed by atoms with Crippen molar-refractivity contribution in [3.63, 3.8) is 0 Å². The summed E-state index contributed by atoms with van der Waals surface area (Å²) in [5.74, 6) is -2.63. The van der Waals surface area contributed by atoms with Gasteiger partial charge in [0.15, 0.2) is 5.17 Å². The number of benzene rings is 2. The van der Waals surface area contributed by atoms with E-state index in [2.05, 4.69) is 10.2 Å². The van der Waals surface area contributed by atoms with Crippen LogP contribution in [0.4, 0.5) is 10.1 Å². The molecule has 8 nitrogen and oxygen atoms in total. The van der Waals surface area contributed by atoms with Gasteiger partial charge in [-0.2, -0.15) is 5.10 Å². The van der Waals surface area contributed by atoms with Gasteiger partial charge in [0.05, 0.1) is 17.5 Å². The number of aromatic carboxylic acids is 1. The van der Waals surface area contributed by atoms with E-state index in [0.717, 1.165) is 16.7 Å². The molecule has 1 fully saturated rings. The first-order valence-electron chi connectivity index (χ1n) is 8.34. The molecule has 0 saturated carbocycles. The van der Waals surface area contributed by atoms with Gasteiger partial charge in [-0.25, -0.2) is 14.1 Å². The van der Waals surface area contributed by atoms with Gasteiger partial charge in [-0.1, -0.05) is 36.0 Å². The number of carboxylic acid groups (broad SMARTS) is 1. The van der Waals surface area contributed by atoms with Crippen molar-refractivity contribution in [3.8, 4) is 0 Å². The number of carboxylic acids is 1. The van der Waals surface area contributed by atoms with Gasteiger partial charge >= 0.3 is 5.97 Å². The van der Waals surface area contributed by atoms with Crippen LogP contribution in [-0.4, -0.2) is 39.5 Å². The summed E-state index contributed by atoms with van der Waals surface area (Å²) in [5.41, 5.74) is 6.12. The maximum Gasteiger partial charge on any atom is 0.335 e. The number of carbonyl (C=O) groups excluding carboxylic acids is 2. The molecule has 2 aromatic rings. The van der Waals surface area contributed by atoms with Crippen LogP contribution < -0.4 is 10.6 Å². The van der Waals surface area contributed by atoms with E-state index < -0.39 is 28.9 Å². The molecule has 1 unspecified atom stereocenters. The summed E-state index contributed by atoms with van der Waals surface area (Å²) in [6.45, 7) is 0. The second kappa shape index (κ2) is 8.65. The lowest BCUT2D eigenvalue weighted by Crippen LogP contribution is -2.32. The third-order valence-electron chi connectivity index (χ3n) is 3.98. The van der Waals surface area contributed by atoms with E-state index in [1.54, 1.807) is 12.1 Å². The van der Waals surface area contributed by atoms with Crippen molar-refractivity contribution in [2.24, 2.45) is 15.9 Å². The number of carbonyl (C=O) groups is 3. The predicted octanol–water partition coefficient (Wildman–Crippen LogP) is 2.24. The molecular formula is C19H15FN4O4S. The molecule has 1 heterocycles. The highest BCUT2D eigenvalue weighted by Crippen LogP contribution is 2.30. The number of hydrogen-bond acceptors (Lipinski definition) is 6. The van der Waals surface area contributed by atoms with Crippen molar-refractivity contribution >= 4 is 46.6 Å². The molecule has 148 valence electrons. The number of nitrogens with two attached hydrogens (primary N) is 1. The van der Waals surface area contributed by atoms with E-state index >= 15 is 0 Å². The third kappa shape index (κ3) is 4.66. The maximum absolute atomic E-state index is 13.5. The number of imide groups is 1. The normalized spacial score (nSPS) is 17.3. The summed E-state index contributed by atoms with van der Waals surface area (Å²) in [6, 6.07) is 11.5. The smallest absolute Gasteiger partial charge is 0.335 e. The van der Waals surface area contributed by atoms with Gasteiger partial charge in [-0.15, -0.1) is 5.10 Å². The molecule has 29 heavy (non-hydrogen) atoms. The van der Waals surface area contributed by atoms with Crippen LogP contribution in [-0.2, 0) is 9.59 Å². The van der Waals surface area contributed by atoms with Crippen LogP contribution in [0, 0.1) is 5.82 Å². The van der Waals surface area contributed by atoms with E-state index in [4.69, 9.17) is 10.8 Å². The zero-order chi connectivity index (χ0) is 21.0. The number of nitrogens with zero attached hydrogens (tertiary/aromatic N) is 3. The fourth-order valence-electron chi connectivity index (χ4n) is 2.64. The molecule has 0 aliphatic carbocycles. The van der Waals surface area contributed by atoms with Crippen molar-refractivity contribution in [3.05, 3.63) is 65.5 Å². The Morgan fingerprint density at radius 3 is 2.72 bits per heavy atom. The van der Waals surface area contributed by atoms with Gasteiger partial charge < -0.3 is 10.8 Å². The Bertz CT molecular complexity index is 1040. The van der Waals surface area contributed by atoms with Crippen molar-refractivity contribution in [2.45, 2.75) is 11.7 Å². The van der Waals surface area contributed by atoms with E-state index in [0.29, 0.717) is 0 Å². The van der Waals surface area contributed by atoms with Crippen LogP contribution in [0.3, 0.4) is 0 Å². The van der Waals surface area contributed by atoms with Gasteiger partial charge in [0.1, 0.15) is 11.1 Å². The van der Waals surface area contributed by atoms with Crippen LogP contribution in [0.25, 0.3) is 0 Å². The van der Waals surface area contributed by atoms with Crippen LogP contribution in [0.2, 0.25) is 0 Å².